The predicted octanol–water partition coefficient (Wildman–Crippen LogP) is 2.48. The quantitative estimate of drug-likeness (QED) is 0.921. The Bertz CT molecular complexity index is 692. The normalized spacial score (nSPS) is 10.3. The van der Waals surface area contributed by atoms with Gasteiger partial charge in [0.25, 0.3) is 5.91 Å². The van der Waals surface area contributed by atoms with Gasteiger partial charge in [0.1, 0.15) is 11.6 Å². The molecular weight excluding hydrogens is 294 g/mol. The van der Waals surface area contributed by atoms with Crippen LogP contribution < -0.4 is 4.90 Å². The molecule has 1 aromatic carbocycles. The van der Waals surface area contributed by atoms with Gasteiger partial charge in [-0.3, -0.25) is 14.6 Å². The Morgan fingerprint density at radius 3 is 2.45 bits per heavy atom. The van der Waals surface area contributed by atoms with E-state index in [0.717, 1.165) is 23.1 Å². The topological polar surface area (TPSA) is 70.5 Å². The molecule has 7 heteroatoms. The number of carbonyl (C=O) groups excluding carboxylic acids is 1. The molecule has 0 spiro atoms. The number of carboxylic acid groups (broad SMARTS) is 1. The van der Waals surface area contributed by atoms with Crippen molar-refractivity contribution in [3.8, 4) is 0 Å². The Morgan fingerprint density at radius 1 is 1.14 bits per heavy atom. The van der Waals surface area contributed by atoms with E-state index in [-0.39, 0.29) is 17.8 Å². The molecule has 2 rings (SSSR count). The number of benzene rings is 1. The van der Waals surface area contributed by atoms with Gasteiger partial charge in [-0.2, -0.15) is 0 Å². The van der Waals surface area contributed by atoms with Crippen LogP contribution >= 0.6 is 0 Å². The molecule has 1 amide bonds. The first-order chi connectivity index (χ1) is 10.5. The van der Waals surface area contributed by atoms with Gasteiger partial charge in [-0.05, 0) is 24.3 Å². The third-order valence-electron chi connectivity index (χ3n) is 2.92. The molecule has 0 aliphatic rings. The number of carbonyl (C=O) groups is 2. The number of hydrogen-bond donors (Lipinski definition) is 1. The Morgan fingerprint density at radius 2 is 1.82 bits per heavy atom. The molecule has 0 radical (unpaired) electrons. The Kier molecular flexibility index (Phi) is 4.77. The van der Waals surface area contributed by atoms with Gasteiger partial charge in [-0.15, -0.1) is 0 Å². The second kappa shape index (κ2) is 6.75. The molecule has 0 atom stereocenters. The third kappa shape index (κ3) is 3.63. The average molecular weight is 306 g/mol. The van der Waals surface area contributed by atoms with E-state index in [1.165, 1.54) is 24.5 Å². The summed E-state index contributed by atoms with van der Waals surface area (Å²) < 4.78 is 27.2. The highest BCUT2D eigenvalue weighted by atomic mass is 19.1. The molecular formula is C15H12F2N2O3. The monoisotopic (exact) mass is 306 g/mol. The van der Waals surface area contributed by atoms with E-state index in [1.807, 2.05) is 0 Å². The highest BCUT2D eigenvalue weighted by Crippen LogP contribution is 2.23. The summed E-state index contributed by atoms with van der Waals surface area (Å²) in [7, 11) is 0. The maximum absolute atomic E-state index is 13.9. The summed E-state index contributed by atoms with van der Waals surface area (Å²) in [5, 5.41) is 8.77. The average Bonchev–Trinajstić information content (AvgIpc) is 2.51. The van der Waals surface area contributed by atoms with Gasteiger partial charge in [0, 0.05) is 30.6 Å². The molecule has 0 bridgehead atoms. The fourth-order valence-corrected chi connectivity index (χ4v) is 1.88. The number of aliphatic carboxylic acids is 1. The van der Waals surface area contributed by atoms with Gasteiger partial charge < -0.3 is 10.0 Å². The van der Waals surface area contributed by atoms with E-state index in [2.05, 4.69) is 4.98 Å². The van der Waals surface area contributed by atoms with Crippen LogP contribution in [0.3, 0.4) is 0 Å². The van der Waals surface area contributed by atoms with Gasteiger partial charge in [0.05, 0.1) is 12.1 Å². The molecule has 0 fully saturated rings. The molecule has 0 saturated carbocycles. The van der Waals surface area contributed by atoms with Crippen LogP contribution in [-0.2, 0) is 4.79 Å². The first-order valence-electron chi connectivity index (χ1n) is 6.38. The molecule has 0 saturated heterocycles. The van der Waals surface area contributed by atoms with Gasteiger partial charge >= 0.3 is 5.97 Å². The van der Waals surface area contributed by atoms with Crippen molar-refractivity contribution in [2.75, 3.05) is 11.4 Å². The van der Waals surface area contributed by atoms with Crippen molar-refractivity contribution in [1.82, 2.24) is 4.98 Å². The van der Waals surface area contributed by atoms with Crippen LogP contribution in [0.2, 0.25) is 0 Å². The Labute approximate surface area is 124 Å². The second-order valence-corrected chi connectivity index (χ2v) is 4.43. The minimum atomic E-state index is -1.15. The van der Waals surface area contributed by atoms with E-state index >= 15 is 0 Å². The number of aromatic nitrogens is 1. The van der Waals surface area contributed by atoms with Crippen LogP contribution in [0.1, 0.15) is 16.8 Å². The van der Waals surface area contributed by atoms with Crippen LogP contribution in [0.4, 0.5) is 14.5 Å². The zero-order valence-corrected chi connectivity index (χ0v) is 11.4. The number of pyridine rings is 1. The summed E-state index contributed by atoms with van der Waals surface area (Å²) in [5.41, 5.74) is -0.105. The lowest BCUT2D eigenvalue weighted by Crippen LogP contribution is -2.33. The standard InChI is InChI=1S/C15H12F2N2O3/c16-11-1-2-12(17)13(9-11)19(8-5-14(20)21)15(22)10-3-6-18-7-4-10/h1-4,6-7,9H,5,8H2,(H,20,21). The van der Waals surface area contributed by atoms with Crippen LogP contribution in [0, 0.1) is 11.6 Å². The van der Waals surface area contributed by atoms with Gasteiger partial charge in [0.2, 0.25) is 0 Å². The van der Waals surface area contributed by atoms with E-state index < -0.39 is 29.9 Å². The number of amides is 1. The van der Waals surface area contributed by atoms with Crippen molar-refractivity contribution in [3.63, 3.8) is 0 Å². The van der Waals surface area contributed by atoms with Crippen molar-refractivity contribution >= 4 is 17.6 Å². The first kappa shape index (κ1) is 15.6. The van der Waals surface area contributed by atoms with Crippen molar-refractivity contribution in [2.45, 2.75) is 6.42 Å². The molecule has 5 nitrogen and oxygen atoms in total. The number of nitrogens with zero attached hydrogens (tertiary/aromatic N) is 2. The van der Waals surface area contributed by atoms with E-state index in [4.69, 9.17) is 5.11 Å². The third-order valence-corrected chi connectivity index (χ3v) is 2.92. The minimum Gasteiger partial charge on any atom is -0.481 e. The maximum Gasteiger partial charge on any atom is 0.305 e. The molecule has 0 aliphatic carbocycles. The van der Waals surface area contributed by atoms with Crippen molar-refractivity contribution in [3.05, 3.63) is 59.9 Å². The van der Waals surface area contributed by atoms with Gasteiger partial charge in [-0.1, -0.05) is 0 Å². The lowest BCUT2D eigenvalue weighted by molar-refractivity contribution is -0.136. The summed E-state index contributed by atoms with van der Waals surface area (Å²) in [6, 6.07) is 5.49. The predicted molar refractivity (Wildman–Crippen MR) is 74.5 cm³/mol. The van der Waals surface area contributed by atoms with Crippen molar-refractivity contribution in [2.24, 2.45) is 0 Å². The van der Waals surface area contributed by atoms with Crippen molar-refractivity contribution in [1.29, 1.82) is 0 Å². The number of anilines is 1. The van der Waals surface area contributed by atoms with E-state index in [9.17, 15) is 18.4 Å². The van der Waals surface area contributed by atoms with Gasteiger partial charge in [0.15, 0.2) is 0 Å². The summed E-state index contributed by atoms with van der Waals surface area (Å²) in [6.07, 6.45) is 2.36. The fraction of sp³-hybridized carbons (Fsp3) is 0.133. The van der Waals surface area contributed by atoms with Gasteiger partial charge in [-0.25, -0.2) is 8.78 Å². The lowest BCUT2D eigenvalue weighted by atomic mass is 10.2. The smallest absolute Gasteiger partial charge is 0.305 e. The largest absolute Gasteiger partial charge is 0.481 e. The highest BCUT2D eigenvalue weighted by molar-refractivity contribution is 6.06. The zero-order chi connectivity index (χ0) is 16.1. The molecule has 1 heterocycles. The molecule has 22 heavy (non-hydrogen) atoms. The first-order valence-corrected chi connectivity index (χ1v) is 6.38. The molecule has 114 valence electrons. The molecule has 0 aliphatic heterocycles. The fourth-order valence-electron chi connectivity index (χ4n) is 1.88. The Balaban J connectivity index is 2.40. The molecule has 1 aromatic heterocycles. The van der Waals surface area contributed by atoms with E-state index in [1.54, 1.807) is 0 Å². The number of carboxylic acids is 1. The van der Waals surface area contributed by atoms with Crippen LogP contribution in [0.5, 0.6) is 0 Å². The van der Waals surface area contributed by atoms with Crippen LogP contribution in [0.25, 0.3) is 0 Å². The van der Waals surface area contributed by atoms with E-state index in [0.29, 0.717) is 0 Å². The summed E-state index contributed by atoms with van der Waals surface area (Å²) in [4.78, 5) is 27.8. The molecule has 0 unspecified atom stereocenters. The zero-order valence-electron chi connectivity index (χ0n) is 11.4. The second-order valence-electron chi connectivity index (χ2n) is 4.43. The summed E-state index contributed by atoms with van der Waals surface area (Å²) in [5.74, 6) is -3.31. The highest BCUT2D eigenvalue weighted by Gasteiger charge is 2.22. The number of rotatable bonds is 5. The summed E-state index contributed by atoms with van der Waals surface area (Å²) in [6.45, 7) is -0.281. The van der Waals surface area contributed by atoms with Crippen molar-refractivity contribution < 1.29 is 23.5 Å². The Hall–Kier alpha value is -2.83. The van der Waals surface area contributed by atoms with Crippen LogP contribution in [0.15, 0.2) is 42.7 Å². The number of hydrogen-bond acceptors (Lipinski definition) is 3. The summed E-state index contributed by atoms with van der Waals surface area (Å²) >= 11 is 0. The number of halogens is 2. The SMILES string of the molecule is O=C(O)CCN(C(=O)c1ccncc1)c1cc(F)ccc1F. The van der Waals surface area contributed by atoms with Crippen LogP contribution in [-0.4, -0.2) is 28.5 Å². The molecule has 1 N–H and O–H groups in total. The molecule has 2 aromatic rings. The maximum atomic E-state index is 13.9. The minimum absolute atomic E-state index is 0.198. The lowest BCUT2D eigenvalue weighted by Gasteiger charge is -2.22.